The number of nitrogens with zero attached hydrogens (tertiary/aromatic N) is 13. The fourth-order valence-electron chi connectivity index (χ4n) is 22.2. The summed E-state index contributed by atoms with van der Waals surface area (Å²) < 4.78 is 13.8. The van der Waals surface area contributed by atoms with E-state index in [1.807, 2.05) is 79.4 Å². The van der Waals surface area contributed by atoms with Crippen LogP contribution in [0.1, 0.15) is 0 Å². The lowest BCUT2D eigenvalue weighted by Gasteiger charge is -2.14. The highest BCUT2D eigenvalue weighted by molar-refractivity contribution is 6.17. The maximum atomic E-state index is 5.29. The lowest BCUT2D eigenvalue weighted by atomic mass is 10.0. The first-order valence-corrected chi connectivity index (χ1v) is 50.6. The maximum absolute atomic E-state index is 5.29. The van der Waals surface area contributed by atoms with Crippen LogP contribution in [-0.2, 0) is 0 Å². The maximum Gasteiger partial charge on any atom is 0.159 e. The molecule has 0 spiro atoms. The lowest BCUT2D eigenvalue weighted by molar-refractivity contribution is 1.08. The average Bonchev–Trinajstić information content (AvgIpc) is 1.58. The SMILES string of the molecule is c1ccc(-c2cc(-c3ccccc3)nc(-n3c4ccccc4c4cc(-c5cnc6c(c5)c5ccccc5n6-c5ccccc5)ccc43)c2)cc1.c1ccc(-c2cc(-n3c4ccccc4c4cc(-c5cnc6c(c5)c5ccccc5n6-c5ccccc5)ccc43)cc(-c3ccccc3)n2)cc1.c1ccc(-c2ncc(-n3c4ccccc4c4cc(-c5cnc6c(c5)c5ccccc5n6-c5ccccc5)ccc43)c(-c3ccccc3)n2)cc1. The van der Waals surface area contributed by atoms with E-state index in [9.17, 15) is 0 Å². The first-order chi connectivity index (χ1) is 74.4. The summed E-state index contributed by atoms with van der Waals surface area (Å²) in [6.45, 7) is 0. The van der Waals surface area contributed by atoms with Gasteiger partial charge in [-0.15, -0.1) is 0 Å². The van der Waals surface area contributed by atoms with Crippen molar-refractivity contribution in [3.8, 4) is 135 Å². The topological polar surface area (TPSA) is 120 Å². The van der Waals surface area contributed by atoms with Crippen LogP contribution in [0.5, 0.6) is 0 Å². The van der Waals surface area contributed by atoms with Crippen molar-refractivity contribution in [3.63, 3.8) is 0 Å². The number of hydrogen-bond acceptors (Lipinski definition) is 7. The van der Waals surface area contributed by atoms with Crippen molar-refractivity contribution in [2.24, 2.45) is 0 Å². The summed E-state index contributed by atoms with van der Waals surface area (Å²) in [5, 5.41) is 14.1. The number of rotatable bonds is 15. The van der Waals surface area contributed by atoms with E-state index in [4.69, 9.17) is 34.9 Å². The molecule has 0 bridgehead atoms. The zero-order valence-corrected chi connectivity index (χ0v) is 81.2. The Labute approximate surface area is 863 Å². The molecule has 0 aliphatic heterocycles. The Morgan fingerprint density at radius 3 is 0.800 bits per heavy atom. The van der Waals surface area contributed by atoms with E-state index >= 15 is 0 Å². The number of hydrogen-bond donors (Lipinski definition) is 0. The van der Waals surface area contributed by atoms with E-state index < -0.39 is 0 Å². The van der Waals surface area contributed by atoms with Crippen molar-refractivity contribution in [3.05, 3.63) is 540 Å². The van der Waals surface area contributed by atoms with E-state index in [1.54, 1.807) is 0 Å². The highest BCUT2D eigenvalue weighted by atomic mass is 15.1. The summed E-state index contributed by atoms with van der Waals surface area (Å²) in [5.41, 5.74) is 36.3. The second kappa shape index (κ2) is 37.1. The molecule has 30 aromatic rings. The Morgan fingerprint density at radius 2 is 0.420 bits per heavy atom. The van der Waals surface area contributed by atoms with E-state index in [1.165, 1.54) is 43.1 Å². The highest BCUT2D eigenvalue weighted by Gasteiger charge is 2.26. The zero-order valence-electron chi connectivity index (χ0n) is 81.2. The summed E-state index contributed by atoms with van der Waals surface area (Å²) in [6.07, 6.45) is 8.00. The summed E-state index contributed by atoms with van der Waals surface area (Å²) in [7, 11) is 0. The van der Waals surface area contributed by atoms with Crippen LogP contribution < -0.4 is 0 Å². The zero-order chi connectivity index (χ0) is 99.1. The molecule has 0 aliphatic rings. The van der Waals surface area contributed by atoms with E-state index in [-0.39, 0.29) is 0 Å². The molecule has 0 fully saturated rings. The summed E-state index contributed by atoms with van der Waals surface area (Å²) in [6, 6.07) is 181. The van der Waals surface area contributed by atoms with Gasteiger partial charge >= 0.3 is 0 Å². The van der Waals surface area contributed by atoms with Crippen LogP contribution in [0, 0.1) is 0 Å². The predicted octanol–water partition coefficient (Wildman–Crippen LogP) is 34.4. The molecule has 13 nitrogen and oxygen atoms in total. The van der Waals surface area contributed by atoms with E-state index in [2.05, 4.69) is 488 Å². The molecule has 0 atom stereocenters. The molecular formula is C137H89N13. The monoisotopic (exact) mass is 1920 g/mol. The summed E-state index contributed by atoms with van der Waals surface area (Å²) in [4.78, 5) is 35.8. The van der Waals surface area contributed by atoms with Gasteiger partial charge in [0, 0.05) is 145 Å². The van der Waals surface area contributed by atoms with Gasteiger partial charge in [0.1, 0.15) is 22.8 Å². The molecule has 0 saturated heterocycles. The van der Waals surface area contributed by atoms with Gasteiger partial charge < -0.3 is 9.13 Å². The minimum Gasteiger partial charge on any atom is -0.309 e. The average molecular weight is 1920 g/mol. The minimum atomic E-state index is 0.702. The van der Waals surface area contributed by atoms with Crippen LogP contribution in [0.4, 0.5) is 0 Å². The molecule has 0 saturated carbocycles. The minimum absolute atomic E-state index is 0.702. The Bertz CT molecular complexity index is 9930. The largest absolute Gasteiger partial charge is 0.309 e. The number of pyridine rings is 5. The van der Waals surface area contributed by atoms with Gasteiger partial charge in [-0.2, -0.15) is 0 Å². The Morgan fingerprint density at radius 1 is 0.140 bits per heavy atom. The molecule has 12 aromatic heterocycles. The lowest BCUT2D eigenvalue weighted by Crippen LogP contribution is -2.02. The third-order valence-corrected chi connectivity index (χ3v) is 29.1. The predicted molar refractivity (Wildman–Crippen MR) is 619 cm³/mol. The van der Waals surface area contributed by atoms with Gasteiger partial charge in [0.15, 0.2) is 5.82 Å². The van der Waals surface area contributed by atoms with Gasteiger partial charge in [-0.05, 0) is 179 Å². The number of fused-ring (bicyclic) bond motifs is 18. The van der Waals surface area contributed by atoms with Crippen molar-refractivity contribution >= 4 is 131 Å². The molecule has 0 N–H and O–H groups in total. The number of benzene rings is 18. The Balaban J connectivity index is 0.000000108. The van der Waals surface area contributed by atoms with Crippen molar-refractivity contribution in [1.82, 2.24) is 62.3 Å². The number of para-hydroxylation sites is 9. The Hall–Kier alpha value is -20.4. The van der Waals surface area contributed by atoms with Crippen LogP contribution in [0.2, 0.25) is 0 Å². The fourth-order valence-corrected chi connectivity index (χ4v) is 22.2. The molecule has 150 heavy (non-hydrogen) atoms. The third-order valence-electron chi connectivity index (χ3n) is 29.1. The van der Waals surface area contributed by atoms with Crippen molar-refractivity contribution < 1.29 is 0 Å². The molecule has 12 heterocycles. The molecule has 702 valence electrons. The van der Waals surface area contributed by atoms with Crippen LogP contribution >= 0.6 is 0 Å². The molecule has 0 amide bonds. The van der Waals surface area contributed by atoms with Crippen LogP contribution in [-0.4, -0.2) is 62.3 Å². The quantitative estimate of drug-likeness (QED) is 0.100. The van der Waals surface area contributed by atoms with Crippen molar-refractivity contribution in [2.45, 2.75) is 0 Å². The van der Waals surface area contributed by atoms with Gasteiger partial charge in [0.2, 0.25) is 0 Å². The highest BCUT2D eigenvalue weighted by Crippen LogP contribution is 2.46. The second-order valence-corrected chi connectivity index (χ2v) is 37.9. The van der Waals surface area contributed by atoms with E-state index in [0.29, 0.717) is 5.82 Å². The molecule has 30 rings (SSSR count). The van der Waals surface area contributed by atoms with Gasteiger partial charge in [-0.1, -0.05) is 364 Å². The van der Waals surface area contributed by atoms with Gasteiger partial charge in [0.05, 0.1) is 90.0 Å². The first-order valence-electron chi connectivity index (χ1n) is 50.6. The molecule has 18 aromatic carbocycles. The fraction of sp³-hybridized carbons (Fsp3) is 0. The molecule has 13 heteroatoms. The van der Waals surface area contributed by atoms with E-state index in [0.717, 1.165) is 217 Å². The summed E-state index contributed by atoms with van der Waals surface area (Å²) in [5.74, 6) is 1.59. The second-order valence-electron chi connectivity index (χ2n) is 37.9. The van der Waals surface area contributed by atoms with Crippen LogP contribution in [0.25, 0.3) is 266 Å². The molecule has 0 aliphatic carbocycles. The smallest absolute Gasteiger partial charge is 0.159 e. The molecule has 0 radical (unpaired) electrons. The standard InChI is InChI=1S/2C46H30N4.C45H29N5/c1-4-14-31(15-5-1)34-28-41(32-16-6-2-7-17-32)48-45(29-34)50-43-23-13-10-20-37(43)39-26-33(24-25-44(39)50)35-27-40-38-21-11-12-22-42(38)49(46(40)47-30-35)36-18-8-3-9-19-36;1-4-14-31(15-5-1)41-28-36(29-42(48-41)32-16-6-2-7-17-32)49-43-22-12-10-20-37(43)39-26-33(24-25-45(39)49)34-27-40-38-21-11-13-23-44(38)50(46(40)47-30-34)35-18-8-3-9-19-35;1-4-14-30(15-5-1)43-42(29-46-44(48-43)31-16-6-2-7-17-31)50-40-23-13-10-20-35(40)37-26-32(24-25-41(37)50)33-27-38-36-21-11-12-22-39(36)49(45(38)47-28-33)34-18-8-3-9-19-34/h2*1-30H;1-29H. The summed E-state index contributed by atoms with van der Waals surface area (Å²) >= 11 is 0. The normalized spacial score (nSPS) is 11.6. The third kappa shape index (κ3) is 15.4. The van der Waals surface area contributed by atoms with Crippen molar-refractivity contribution in [1.29, 1.82) is 0 Å². The van der Waals surface area contributed by atoms with Gasteiger partial charge in [0.25, 0.3) is 0 Å². The Kier molecular flexibility index (Phi) is 21.6. The van der Waals surface area contributed by atoms with Crippen molar-refractivity contribution in [2.75, 3.05) is 0 Å². The number of aromatic nitrogens is 13. The van der Waals surface area contributed by atoms with Gasteiger partial charge in [-0.25, -0.2) is 34.9 Å². The van der Waals surface area contributed by atoms with Crippen LogP contribution in [0.3, 0.4) is 0 Å². The van der Waals surface area contributed by atoms with Gasteiger partial charge in [-0.3, -0.25) is 18.3 Å². The first kappa shape index (κ1) is 87.4. The van der Waals surface area contributed by atoms with Crippen LogP contribution in [0.15, 0.2) is 540 Å². The molecule has 0 unspecified atom stereocenters. The molecular weight excluding hydrogens is 1830 g/mol.